The maximum absolute atomic E-state index is 5.04. The maximum atomic E-state index is 5.04. The van der Waals surface area contributed by atoms with E-state index in [2.05, 4.69) is 18.8 Å². The molecule has 0 aliphatic carbocycles. The van der Waals surface area contributed by atoms with Gasteiger partial charge in [-0.3, -0.25) is 0 Å². The molecule has 0 aromatic rings. The molecule has 0 amide bonds. The zero-order valence-corrected chi connectivity index (χ0v) is 9.53. The number of methoxy groups -OCH3 is 1. The lowest BCUT2D eigenvalue weighted by molar-refractivity contribution is 0.159. The summed E-state index contributed by atoms with van der Waals surface area (Å²) in [6, 6.07) is 0. The highest BCUT2D eigenvalue weighted by molar-refractivity contribution is 7.99. The van der Waals surface area contributed by atoms with Crippen LogP contribution in [-0.4, -0.2) is 38.3 Å². The first-order valence-corrected chi connectivity index (χ1v) is 5.85. The van der Waals surface area contributed by atoms with E-state index in [0.29, 0.717) is 5.92 Å². The molecule has 0 saturated heterocycles. The first-order chi connectivity index (χ1) is 6.31. The van der Waals surface area contributed by atoms with Crippen molar-refractivity contribution in [2.75, 3.05) is 38.3 Å². The van der Waals surface area contributed by atoms with Crippen LogP contribution in [0.3, 0.4) is 0 Å². The molecule has 0 aliphatic heterocycles. The Morgan fingerprint density at radius 1 is 1.62 bits per heavy atom. The highest BCUT2D eigenvalue weighted by Crippen LogP contribution is 1.97. The van der Waals surface area contributed by atoms with E-state index in [4.69, 9.17) is 4.74 Å². The topological polar surface area (TPSA) is 21.3 Å². The summed E-state index contributed by atoms with van der Waals surface area (Å²) in [4.78, 5) is 0. The molecule has 78 valence electrons. The van der Waals surface area contributed by atoms with Crippen LogP contribution in [0.15, 0.2) is 12.7 Å². The summed E-state index contributed by atoms with van der Waals surface area (Å²) in [7, 11) is 1.75. The molecule has 13 heavy (non-hydrogen) atoms. The van der Waals surface area contributed by atoms with Crippen LogP contribution in [0.1, 0.15) is 6.92 Å². The Labute approximate surface area is 86.1 Å². The number of hydrogen-bond donors (Lipinski definition) is 1. The first kappa shape index (κ1) is 13.0. The van der Waals surface area contributed by atoms with Gasteiger partial charge < -0.3 is 10.1 Å². The van der Waals surface area contributed by atoms with Crippen LogP contribution < -0.4 is 5.32 Å². The van der Waals surface area contributed by atoms with E-state index in [9.17, 15) is 0 Å². The zero-order valence-electron chi connectivity index (χ0n) is 8.71. The van der Waals surface area contributed by atoms with Crippen molar-refractivity contribution in [2.45, 2.75) is 6.92 Å². The molecule has 1 N–H and O–H groups in total. The minimum atomic E-state index is 0.606. The first-order valence-electron chi connectivity index (χ1n) is 4.69. The van der Waals surface area contributed by atoms with Crippen LogP contribution >= 0.6 is 11.8 Å². The maximum Gasteiger partial charge on any atom is 0.0499 e. The molecule has 0 aromatic heterocycles. The lowest BCUT2D eigenvalue weighted by Crippen LogP contribution is -2.25. The van der Waals surface area contributed by atoms with Gasteiger partial charge in [-0.15, -0.1) is 6.58 Å². The van der Waals surface area contributed by atoms with Crippen LogP contribution in [0.2, 0.25) is 0 Å². The standard InChI is InChI=1S/C10H21NOS/c1-4-6-13-7-5-11-8-10(2)9-12-3/h4,10-11H,1,5-9H2,2-3H3. The van der Waals surface area contributed by atoms with Crippen LogP contribution in [0.5, 0.6) is 0 Å². The molecule has 0 fully saturated rings. The van der Waals surface area contributed by atoms with Crippen molar-refractivity contribution in [1.82, 2.24) is 5.32 Å². The fraction of sp³-hybridized carbons (Fsp3) is 0.800. The van der Waals surface area contributed by atoms with Gasteiger partial charge in [0.2, 0.25) is 0 Å². The second kappa shape index (κ2) is 10.1. The summed E-state index contributed by atoms with van der Waals surface area (Å²) in [5, 5.41) is 3.39. The Hall–Kier alpha value is 0.01000. The number of ether oxygens (including phenoxy) is 1. The molecule has 3 heteroatoms. The predicted molar refractivity (Wildman–Crippen MR) is 61.4 cm³/mol. The van der Waals surface area contributed by atoms with Crippen molar-refractivity contribution in [3.63, 3.8) is 0 Å². The molecule has 0 aliphatic rings. The fourth-order valence-corrected chi connectivity index (χ4v) is 1.62. The molecule has 2 nitrogen and oxygen atoms in total. The van der Waals surface area contributed by atoms with Crippen molar-refractivity contribution in [3.05, 3.63) is 12.7 Å². The quantitative estimate of drug-likeness (QED) is 0.456. The number of nitrogens with one attached hydrogen (secondary N) is 1. The Morgan fingerprint density at radius 3 is 3.00 bits per heavy atom. The Bertz CT molecular complexity index is 119. The minimum absolute atomic E-state index is 0.606. The average Bonchev–Trinajstić information content (AvgIpc) is 2.11. The summed E-state index contributed by atoms with van der Waals surface area (Å²) in [6.45, 7) is 8.82. The zero-order chi connectivity index (χ0) is 9.94. The van der Waals surface area contributed by atoms with Gasteiger partial charge in [0.25, 0.3) is 0 Å². The van der Waals surface area contributed by atoms with Gasteiger partial charge in [-0.25, -0.2) is 0 Å². The van der Waals surface area contributed by atoms with Crippen LogP contribution in [0, 0.1) is 5.92 Å². The number of rotatable bonds is 9. The molecule has 0 heterocycles. The van der Waals surface area contributed by atoms with Crippen molar-refractivity contribution in [3.8, 4) is 0 Å². The van der Waals surface area contributed by atoms with Crippen molar-refractivity contribution >= 4 is 11.8 Å². The highest BCUT2D eigenvalue weighted by atomic mass is 32.2. The van der Waals surface area contributed by atoms with E-state index in [1.807, 2.05) is 17.8 Å². The van der Waals surface area contributed by atoms with E-state index >= 15 is 0 Å². The summed E-state index contributed by atoms with van der Waals surface area (Å²) < 4.78 is 5.04. The highest BCUT2D eigenvalue weighted by Gasteiger charge is 1.98. The van der Waals surface area contributed by atoms with Crippen LogP contribution in [0.4, 0.5) is 0 Å². The van der Waals surface area contributed by atoms with Gasteiger partial charge in [0.15, 0.2) is 0 Å². The average molecular weight is 203 g/mol. The fourth-order valence-electron chi connectivity index (χ4n) is 1.00. The lowest BCUT2D eigenvalue weighted by Gasteiger charge is -2.10. The Balaban J connectivity index is 3.01. The number of thioether (sulfide) groups is 1. The van der Waals surface area contributed by atoms with Gasteiger partial charge in [0.05, 0.1) is 0 Å². The summed E-state index contributed by atoms with van der Waals surface area (Å²) in [5.74, 6) is 2.82. The number of hydrogen-bond acceptors (Lipinski definition) is 3. The van der Waals surface area contributed by atoms with Crippen molar-refractivity contribution < 1.29 is 4.74 Å². The second-order valence-electron chi connectivity index (χ2n) is 3.13. The van der Waals surface area contributed by atoms with E-state index in [0.717, 1.165) is 31.2 Å². The third kappa shape index (κ3) is 9.93. The third-order valence-corrected chi connectivity index (χ3v) is 2.57. The van der Waals surface area contributed by atoms with E-state index in [1.54, 1.807) is 7.11 Å². The van der Waals surface area contributed by atoms with Gasteiger partial charge in [-0.1, -0.05) is 13.0 Å². The molecular weight excluding hydrogens is 182 g/mol. The molecule has 0 radical (unpaired) electrons. The Morgan fingerprint density at radius 2 is 2.38 bits per heavy atom. The van der Waals surface area contributed by atoms with Crippen LogP contribution in [-0.2, 0) is 4.74 Å². The molecular formula is C10H21NOS. The molecule has 0 aromatic carbocycles. The molecule has 0 bridgehead atoms. The van der Waals surface area contributed by atoms with Gasteiger partial charge in [0.1, 0.15) is 0 Å². The SMILES string of the molecule is C=CCSCCNCC(C)COC. The predicted octanol–water partition coefficient (Wildman–Crippen LogP) is 1.78. The van der Waals surface area contributed by atoms with Crippen molar-refractivity contribution in [1.29, 1.82) is 0 Å². The minimum Gasteiger partial charge on any atom is -0.384 e. The van der Waals surface area contributed by atoms with Crippen molar-refractivity contribution in [2.24, 2.45) is 5.92 Å². The monoisotopic (exact) mass is 203 g/mol. The second-order valence-corrected chi connectivity index (χ2v) is 4.28. The van der Waals surface area contributed by atoms with E-state index in [1.165, 1.54) is 0 Å². The molecule has 1 unspecified atom stereocenters. The van der Waals surface area contributed by atoms with Gasteiger partial charge in [0, 0.05) is 31.8 Å². The summed E-state index contributed by atoms with van der Waals surface area (Å²) in [5.41, 5.74) is 0. The van der Waals surface area contributed by atoms with Crippen LogP contribution in [0.25, 0.3) is 0 Å². The molecule has 0 saturated carbocycles. The summed E-state index contributed by atoms with van der Waals surface area (Å²) >= 11 is 1.91. The van der Waals surface area contributed by atoms with Gasteiger partial charge in [-0.2, -0.15) is 11.8 Å². The molecule has 0 spiro atoms. The van der Waals surface area contributed by atoms with E-state index < -0.39 is 0 Å². The normalized spacial score (nSPS) is 12.8. The molecule has 1 atom stereocenters. The lowest BCUT2D eigenvalue weighted by atomic mass is 10.2. The smallest absolute Gasteiger partial charge is 0.0499 e. The van der Waals surface area contributed by atoms with Gasteiger partial charge in [-0.05, 0) is 12.5 Å². The largest absolute Gasteiger partial charge is 0.384 e. The van der Waals surface area contributed by atoms with Gasteiger partial charge >= 0.3 is 0 Å². The third-order valence-electron chi connectivity index (χ3n) is 1.60. The summed E-state index contributed by atoms with van der Waals surface area (Å²) in [6.07, 6.45) is 1.94. The molecule has 0 rings (SSSR count). The Kier molecular flexibility index (Phi) is 10.1. The van der Waals surface area contributed by atoms with E-state index in [-0.39, 0.29) is 0 Å².